The van der Waals surface area contributed by atoms with Crippen molar-refractivity contribution in [2.24, 2.45) is 0 Å². The van der Waals surface area contributed by atoms with Gasteiger partial charge in [0.25, 0.3) is 0 Å². The van der Waals surface area contributed by atoms with Gasteiger partial charge in [-0.25, -0.2) is 4.98 Å². The van der Waals surface area contributed by atoms with E-state index in [1.165, 1.54) is 0 Å². The van der Waals surface area contributed by atoms with Gasteiger partial charge in [-0.15, -0.1) is 11.3 Å². The zero-order chi connectivity index (χ0) is 9.52. The lowest BCUT2D eigenvalue weighted by atomic mass is 10.4. The van der Waals surface area contributed by atoms with E-state index in [9.17, 15) is 4.21 Å². The maximum Gasteiger partial charge on any atom is 0.0795 e. The molecule has 0 spiro atoms. The predicted octanol–water partition coefficient (Wildman–Crippen LogP) is 1.00. The minimum atomic E-state index is -0.659. The summed E-state index contributed by atoms with van der Waals surface area (Å²) in [6.07, 6.45) is 2.70. The molecule has 0 aliphatic carbocycles. The second kappa shape index (κ2) is 6.23. The standard InChI is InChI=1S/C8H14N2OS2/c1-13(11)4-2-3-9-5-8-6-12-7-10-8/h6-7,9H,2-5H2,1H3. The van der Waals surface area contributed by atoms with Gasteiger partial charge in [-0.05, 0) is 13.0 Å². The van der Waals surface area contributed by atoms with Crippen LogP contribution in [0, 0.1) is 0 Å². The molecule has 1 atom stereocenters. The van der Waals surface area contributed by atoms with E-state index in [-0.39, 0.29) is 0 Å². The molecule has 0 fully saturated rings. The highest BCUT2D eigenvalue weighted by atomic mass is 32.2. The van der Waals surface area contributed by atoms with Gasteiger partial charge in [-0.2, -0.15) is 0 Å². The van der Waals surface area contributed by atoms with Crippen molar-refractivity contribution in [2.75, 3.05) is 18.6 Å². The Hall–Kier alpha value is -0.260. The summed E-state index contributed by atoms with van der Waals surface area (Å²) in [7, 11) is -0.659. The van der Waals surface area contributed by atoms with E-state index in [0.717, 1.165) is 31.0 Å². The molecule has 5 heteroatoms. The minimum Gasteiger partial charge on any atom is -0.311 e. The van der Waals surface area contributed by atoms with E-state index in [0.29, 0.717) is 0 Å². The van der Waals surface area contributed by atoms with Gasteiger partial charge in [0.05, 0.1) is 11.2 Å². The highest BCUT2D eigenvalue weighted by Crippen LogP contribution is 1.99. The highest BCUT2D eigenvalue weighted by molar-refractivity contribution is 7.84. The molecule has 3 nitrogen and oxygen atoms in total. The Morgan fingerprint density at radius 2 is 2.54 bits per heavy atom. The molecule has 0 amide bonds. The highest BCUT2D eigenvalue weighted by Gasteiger charge is 1.94. The fraction of sp³-hybridized carbons (Fsp3) is 0.625. The second-order valence-electron chi connectivity index (χ2n) is 2.79. The van der Waals surface area contributed by atoms with Gasteiger partial charge in [0.2, 0.25) is 0 Å². The lowest BCUT2D eigenvalue weighted by Gasteiger charge is -2.00. The first-order valence-electron chi connectivity index (χ1n) is 4.17. The fourth-order valence-corrected chi connectivity index (χ4v) is 2.05. The molecule has 1 heterocycles. The van der Waals surface area contributed by atoms with Crippen LogP contribution >= 0.6 is 11.3 Å². The quantitative estimate of drug-likeness (QED) is 0.724. The number of aromatic nitrogens is 1. The zero-order valence-corrected chi connectivity index (χ0v) is 9.29. The lowest BCUT2D eigenvalue weighted by Crippen LogP contribution is -2.16. The first-order valence-corrected chi connectivity index (χ1v) is 6.84. The minimum absolute atomic E-state index is 0.659. The molecule has 0 radical (unpaired) electrons. The van der Waals surface area contributed by atoms with Gasteiger partial charge in [0, 0.05) is 34.7 Å². The molecule has 13 heavy (non-hydrogen) atoms. The summed E-state index contributed by atoms with van der Waals surface area (Å²) >= 11 is 1.61. The third kappa shape index (κ3) is 5.13. The predicted molar refractivity (Wildman–Crippen MR) is 57.4 cm³/mol. The molecule has 1 aromatic heterocycles. The van der Waals surface area contributed by atoms with Crippen LogP contribution in [0.25, 0.3) is 0 Å². The second-order valence-corrected chi connectivity index (χ2v) is 5.06. The topological polar surface area (TPSA) is 42.0 Å². The third-order valence-corrected chi connectivity index (χ3v) is 3.07. The molecule has 0 saturated heterocycles. The molecule has 0 aliphatic heterocycles. The average Bonchev–Trinajstić information content (AvgIpc) is 2.55. The van der Waals surface area contributed by atoms with Gasteiger partial charge in [-0.3, -0.25) is 4.21 Å². The normalized spacial score (nSPS) is 13.0. The number of rotatable bonds is 6. The lowest BCUT2D eigenvalue weighted by molar-refractivity contribution is 0.657. The van der Waals surface area contributed by atoms with Crippen LogP contribution < -0.4 is 5.32 Å². The van der Waals surface area contributed by atoms with Gasteiger partial charge in [-0.1, -0.05) is 0 Å². The number of hydrogen-bond donors (Lipinski definition) is 1. The molecule has 1 unspecified atom stereocenters. The van der Waals surface area contributed by atoms with Crippen molar-refractivity contribution in [2.45, 2.75) is 13.0 Å². The smallest absolute Gasteiger partial charge is 0.0795 e. The molecule has 0 bridgehead atoms. The maximum atomic E-state index is 10.7. The van der Waals surface area contributed by atoms with E-state index < -0.39 is 10.8 Å². The molecule has 74 valence electrons. The first-order chi connectivity index (χ1) is 6.29. The molecule has 0 aliphatic rings. The molecule has 1 N–H and O–H groups in total. The van der Waals surface area contributed by atoms with E-state index in [1.807, 2.05) is 10.9 Å². The van der Waals surface area contributed by atoms with Crippen molar-refractivity contribution in [3.05, 3.63) is 16.6 Å². The average molecular weight is 218 g/mol. The van der Waals surface area contributed by atoms with Crippen molar-refractivity contribution < 1.29 is 4.21 Å². The van der Waals surface area contributed by atoms with E-state index in [1.54, 1.807) is 17.6 Å². The fourth-order valence-electron chi connectivity index (χ4n) is 0.942. The summed E-state index contributed by atoms with van der Waals surface area (Å²) < 4.78 is 10.7. The molecular weight excluding hydrogens is 204 g/mol. The summed E-state index contributed by atoms with van der Waals surface area (Å²) in [5.74, 6) is 0.782. The third-order valence-electron chi connectivity index (χ3n) is 1.57. The summed E-state index contributed by atoms with van der Waals surface area (Å²) in [5.41, 5.74) is 2.92. The van der Waals surface area contributed by atoms with Crippen molar-refractivity contribution in [1.82, 2.24) is 10.3 Å². The van der Waals surface area contributed by atoms with E-state index in [2.05, 4.69) is 10.3 Å². The molecular formula is C8H14N2OS2. The van der Waals surface area contributed by atoms with Gasteiger partial charge in [0.15, 0.2) is 0 Å². The summed E-state index contributed by atoms with van der Waals surface area (Å²) in [6.45, 7) is 1.73. The van der Waals surface area contributed by atoms with Crippen molar-refractivity contribution in [3.63, 3.8) is 0 Å². The van der Waals surface area contributed by atoms with Crippen LogP contribution in [0.5, 0.6) is 0 Å². The molecule has 0 aromatic carbocycles. The zero-order valence-electron chi connectivity index (χ0n) is 7.66. The number of hydrogen-bond acceptors (Lipinski definition) is 4. The summed E-state index contributed by atoms with van der Waals surface area (Å²) in [6, 6.07) is 0. The summed E-state index contributed by atoms with van der Waals surface area (Å²) in [4.78, 5) is 4.15. The Morgan fingerprint density at radius 1 is 1.69 bits per heavy atom. The van der Waals surface area contributed by atoms with E-state index >= 15 is 0 Å². The van der Waals surface area contributed by atoms with Crippen LogP contribution in [-0.2, 0) is 17.3 Å². The monoisotopic (exact) mass is 218 g/mol. The molecule has 1 aromatic rings. The Labute approximate surface area is 85.0 Å². The molecule has 0 saturated carbocycles. The van der Waals surface area contributed by atoms with Crippen molar-refractivity contribution in [1.29, 1.82) is 0 Å². The number of thiazole rings is 1. The van der Waals surface area contributed by atoms with Gasteiger partial charge < -0.3 is 5.32 Å². The summed E-state index contributed by atoms with van der Waals surface area (Å²) in [5, 5.41) is 5.29. The first kappa shape index (κ1) is 10.8. The van der Waals surface area contributed by atoms with Gasteiger partial charge >= 0.3 is 0 Å². The van der Waals surface area contributed by atoms with Crippen molar-refractivity contribution >= 4 is 22.1 Å². The van der Waals surface area contributed by atoms with Crippen LogP contribution in [0.3, 0.4) is 0 Å². The van der Waals surface area contributed by atoms with Gasteiger partial charge in [0.1, 0.15) is 0 Å². The Kier molecular flexibility index (Phi) is 5.19. The number of nitrogens with one attached hydrogen (secondary N) is 1. The van der Waals surface area contributed by atoms with Crippen LogP contribution in [0.1, 0.15) is 12.1 Å². The molecule has 1 rings (SSSR count). The SMILES string of the molecule is CS(=O)CCCNCc1cscn1. The van der Waals surface area contributed by atoms with Crippen LogP contribution in [-0.4, -0.2) is 27.7 Å². The van der Waals surface area contributed by atoms with E-state index in [4.69, 9.17) is 0 Å². The Bertz CT molecular complexity index is 249. The van der Waals surface area contributed by atoms with Crippen LogP contribution in [0.15, 0.2) is 10.9 Å². The largest absolute Gasteiger partial charge is 0.311 e. The Morgan fingerprint density at radius 3 is 3.15 bits per heavy atom. The van der Waals surface area contributed by atoms with Crippen LogP contribution in [0.2, 0.25) is 0 Å². The Balaban J connectivity index is 1.99. The number of nitrogens with zero attached hydrogens (tertiary/aromatic N) is 1. The maximum absolute atomic E-state index is 10.7. The van der Waals surface area contributed by atoms with Crippen molar-refractivity contribution in [3.8, 4) is 0 Å². The van der Waals surface area contributed by atoms with Crippen LogP contribution in [0.4, 0.5) is 0 Å².